The third-order valence-electron chi connectivity index (χ3n) is 3.10. The highest BCUT2D eigenvalue weighted by Crippen LogP contribution is 2.22. The predicted octanol–water partition coefficient (Wildman–Crippen LogP) is 5.24. The lowest BCUT2D eigenvalue weighted by Gasteiger charge is -2.17. The van der Waals surface area contributed by atoms with Crippen LogP contribution in [-0.2, 0) is 0 Å². The molecule has 0 aliphatic carbocycles. The van der Waals surface area contributed by atoms with E-state index in [2.05, 4.69) is 33.4 Å². The lowest BCUT2D eigenvalue weighted by molar-refractivity contribution is 0.383. The van der Waals surface area contributed by atoms with Gasteiger partial charge in [-0.05, 0) is 24.0 Å². The quantitative estimate of drug-likeness (QED) is 0.407. The Kier molecular flexibility index (Phi) is 11.7. The van der Waals surface area contributed by atoms with Gasteiger partial charge in [0.05, 0.1) is 0 Å². The summed E-state index contributed by atoms with van der Waals surface area (Å²) < 4.78 is 0. The minimum absolute atomic E-state index is 0.873. The van der Waals surface area contributed by atoms with Gasteiger partial charge in [0.15, 0.2) is 0 Å². The minimum Gasteiger partial charge on any atom is -0.168 e. The van der Waals surface area contributed by atoms with Gasteiger partial charge < -0.3 is 0 Å². The molecule has 0 rings (SSSR count). The lowest BCUT2D eigenvalue weighted by atomic mass is 9.91. The van der Waals surface area contributed by atoms with Crippen LogP contribution >= 0.6 is 24.4 Å². The smallest absolute Gasteiger partial charge is 0.0361 e. The molecule has 0 fully saturated rings. The largest absolute Gasteiger partial charge is 0.168 e. The van der Waals surface area contributed by atoms with Crippen LogP contribution in [0.15, 0.2) is 0 Å². The van der Waals surface area contributed by atoms with Gasteiger partial charge in [0.25, 0.3) is 0 Å². The molecular formula is C13H28S2. The second-order valence-electron chi connectivity index (χ2n) is 4.60. The molecule has 0 radical (unpaired) electrons. The standard InChI is InChI=1S/C13H28S2/c1-4-6-7-13(5-2)9-8-12(3)10-15-11-14/h12-14H,4-11H2,1-3H3. The SMILES string of the molecule is CCCCC(CC)CCC(C)CSCS. The summed E-state index contributed by atoms with van der Waals surface area (Å²) in [6.45, 7) is 7.01. The number of unbranched alkanes of at least 4 members (excludes halogenated alkanes) is 1. The molecule has 0 heterocycles. The summed E-state index contributed by atoms with van der Waals surface area (Å²) in [4.78, 5) is 0. The average Bonchev–Trinajstić information content (AvgIpc) is 2.26. The Morgan fingerprint density at radius 2 is 1.87 bits per heavy atom. The van der Waals surface area contributed by atoms with Crippen LogP contribution in [0.3, 0.4) is 0 Å². The molecular weight excluding hydrogens is 220 g/mol. The van der Waals surface area contributed by atoms with Crippen molar-refractivity contribution in [3.05, 3.63) is 0 Å². The van der Waals surface area contributed by atoms with E-state index in [1.54, 1.807) is 0 Å². The molecule has 0 aliphatic rings. The van der Waals surface area contributed by atoms with Gasteiger partial charge in [0, 0.05) is 5.08 Å². The van der Waals surface area contributed by atoms with Gasteiger partial charge in [-0.3, -0.25) is 0 Å². The van der Waals surface area contributed by atoms with E-state index in [1.165, 1.54) is 44.3 Å². The molecule has 2 atom stereocenters. The van der Waals surface area contributed by atoms with Crippen molar-refractivity contribution in [1.29, 1.82) is 0 Å². The van der Waals surface area contributed by atoms with Crippen LogP contribution in [0.4, 0.5) is 0 Å². The maximum absolute atomic E-state index is 4.23. The normalized spacial score (nSPS) is 15.2. The number of hydrogen-bond acceptors (Lipinski definition) is 2. The average molecular weight is 249 g/mol. The predicted molar refractivity (Wildman–Crippen MR) is 78.0 cm³/mol. The summed E-state index contributed by atoms with van der Waals surface area (Å²) in [5, 5.41) is 0.970. The van der Waals surface area contributed by atoms with Gasteiger partial charge >= 0.3 is 0 Å². The van der Waals surface area contributed by atoms with Crippen molar-refractivity contribution in [2.75, 3.05) is 10.8 Å². The van der Waals surface area contributed by atoms with Crippen LogP contribution in [0.1, 0.15) is 59.3 Å². The number of thiol groups is 1. The Morgan fingerprint density at radius 1 is 1.13 bits per heavy atom. The Bertz CT molecular complexity index is 126. The van der Waals surface area contributed by atoms with Crippen LogP contribution in [-0.4, -0.2) is 10.8 Å². The summed E-state index contributed by atoms with van der Waals surface area (Å²) in [5.41, 5.74) is 0. The Morgan fingerprint density at radius 3 is 2.40 bits per heavy atom. The van der Waals surface area contributed by atoms with Crippen molar-refractivity contribution in [2.45, 2.75) is 59.3 Å². The van der Waals surface area contributed by atoms with E-state index >= 15 is 0 Å². The highest BCUT2D eigenvalue weighted by molar-refractivity contribution is 8.09. The van der Waals surface area contributed by atoms with Gasteiger partial charge in [-0.2, -0.15) is 24.4 Å². The van der Waals surface area contributed by atoms with Crippen LogP contribution in [0.5, 0.6) is 0 Å². The van der Waals surface area contributed by atoms with Gasteiger partial charge in [-0.15, -0.1) is 0 Å². The minimum atomic E-state index is 0.873. The monoisotopic (exact) mass is 248 g/mol. The van der Waals surface area contributed by atoms with Crippen LogP contribution in [0.2, 0.25) is 0 Å². The topological polar surface area (TPSA) is 0 Å². The van der Waals surface area contributed by atoms with E-state index in [4.69, 9.17) is 0 Å². The second kappa shape index (κ2) is 11.2. The summed E-state index contributed by atoms with van der Waals surface area (Å²) in [6, 6.07) is 0. The molecule has 0 amide bonds. The fourth-order valence-electron chi connectivity index (χ4n) is 1.90. The van der Waals surface area contributed by atoms with Crippen LogP contribution in [0, 0.1) is 11.8 Å². The van der Waals surface area contributed by atoms with E-state index in [1.807, 2.05) is 11.8 Å². The van der Waals surface area contributed by atoms with Gasteiger partial charge in [0.1, 0.15) is 0 Å². The molecule has 0 aromatic heterocycles. The third-order valence-corrected chi connectivity index (χ3v) is 4.64. The molecule has 0 aromatic rings. The zero-order valence-corrected chi connectivity index (χ0v) is 12.4. The molecule has 0 N–H and O–H groups in total. The maximum Gasteiger partial charge on any atom is 0.0361 e. The van der Waals surface area contributed by atoms with Crippen molar-refractivity contribution >= 4 is 24.4 Å². The summed E-state index contributed by atoms with van der Waals surface area (Å²) in [6.07, 6.45) is 8.42. The molecule has 0 spiro atoms. The molecule has 0 aromatic carbocycles. The molecule has 0 nitrogen and oxygen atoms in total. The van der Waals surface area contributed by atoms with E-state index in [9.17, 15) is 0 Å². The van der Waals surface area contributed by atoms with Crippen molar-refractivity contribution in [1.82, 2.24) is 0 Å². The van der Waals surface area contributed by atoms with E-state index in [0.717, 1.165) is 16.9 Å². The van der Waals surface area contributed by atoms with Crippen LogP contribution in [0.25, 0.3) is 0 Å². The zero-order valence-electron chi connectivity index (χ0n) is 10.7. The van der Waals surface area contributed by atoms with E-state index in [-0.39, 0.29) is 0 Å². The lowest BCUT2D eigenvalue weighted by Crippen LogP contribution is -2.05. The van der Waals surface area contributed by atoms with Gasteiger partial charge in [-0.25, -0.2) is 0 Å². The molecule has 0 aliphatic heterocycles. The van der Waals surface area contributed by atoms with Gasteiger partial charge in [-0.1, -0.05) is 52.9 Å². The van der Waals surface area contributed by atoms with E-state index < -0.39 is 0 Å². The first-order valence-electron chi connectivity index (χ1n) is 6.43. The number of thioether (sulfide) groups is 1. The highest BCUT2D eigenvalue weighted by Gasteiger charge is 2.08. The molecule has 0 bridgehead atoms. The molecule has 2 heteroatoms. The van der Waals surface area contributed by atoms with Crippen molar-refractivity contribution in [3.8, 4) is 0 Å². The Labute approximate surface area is 106 Å². The van der Waals surface area contributed by atoms with Crippen molar-refractivity contribution < 1.29 is 0 Å². The fraction of sp³-hybridized carbons (Fsp3) is 1.00. The Hall–Kier alpha value is 0.700. The highest BCUT2D eigenvalue weighted by atomic mass is 32.2. The van der Waals surface area contributed by atoms with Crippen molar-refractivity contribution in [2.24, 2.45) is 11.8 Å². The molecule has 2 unspecified atom stereocenters. The zero-order chi connectivity index (χ0) is 11.5. The summed E-state index contributed by atoms with van der Waals surface area (Å²) in [7, 11) is 0. The number of hydrogen-bond donors (Lipinski definition) is 1. The third kappa shape index (κ3) is 9.62. The first-order valence-corrected chi connectivity index (χ1v) is 8.21. The fourth-order valence-corrected chi connectivity index (χ4v) is 2.89. The molecule has 0 saturated carbocycles. The van der Waals surface area contributed by atoms with Gasteiger partial charge in [0.2, 0.25) is 0 Å². The first kappa shape index (κ1) is 15.7. The summed E-state index contributed by atoms with van der Waals surface area (Å²) >= 11 is 6.19. The molecule has 15 heavy (non-hydrogen) atoms. The van der Waals surface area contributed by atoms with E-state index in [0.29, 0.717) is 0 Å². The number of rotatable bonds is 10. The Balaban J connectivity index is 3.50. The summed E-state index contributed by atoms with van der Waals surface area (Å²) in [5.74, 6) is 3.14. The van der Waals surface area contributed by atoms with Crippen molar-refractivity contribution in [3.63, 3.8) is 0 Å². The molecule has 92 valence electrons. The first-order chi connectivity index (χ1) is 7.24. The molecule has 0 saturated heterocycles. The maximum atomic E-state index is 4.23. The second-order valence-corrected chi connectivity index (χ2v) is 6.37. The van der Waals surface area contributed by atoms with Crippen LogP contribution < -0.4 is 0 Å².